The van der Waals surface area contributed by atoms with Crippen LogP contribution < -0.4 is 5.56 Å². The predicted octanol–water partition coefficient (Wildman–Crippen LogP) is -0.674. The number of benzene rings is 1. The molecule has 22 heavy (non-hydrogen) atoms. The Morgan fingerprint density at radius 3 is 2.50 bits per heavy atom. The molecule has 0 aliphatic carbocycles. The van der Waals surface area contributed by atoms with Crippen molar-refractivity contribution in [1.82, 2.24) is 24.2 Å². The number of sulfonamides is 1. The van der Waals surface area contributed by atoms with Gasteiger partial charge in [0, 0.05) is 26.2 Å². The zero-order valence-electron chi connectivity index (χ0n) is 12.2. The quantitative estimate of drug-likeness (QED) is 0.744. The molecule has 8 nitrogen and oxygen atoms in total. The summed E-state index contributed by atoms with van der Waals surface area (Å²) >= 11 is 0. The van der Waals surface area contributed by atoms with Gasteiger partial charge in [-0.3, -0.25) is 9.69 Å². The van der Waals surface area contributed by atoms with Crippen LogP contribution in [0.1, 0.15) is 0 Å². The third kappa shape index (κ3) is 3.01. The van der Waals surface area contributed by atoms with Crippen LogP contribution in [-0.2, 0) is 16.7 Å². The molecule has 0 spiro atoms. The Hall–Kier alpha value is -1.84. The highest BCUT2D eigenvalue weighted by atomic mass is 32.2. The first-order valence-electron chi connectivity index (χ1n) is 6.95. The lowest BCUT2D eigenvalue weighted by Crippen LogP contribution is -2.49. The van der Waals surface area contributed by atoms with Crippen molar-refractivity contribution in [3.8, 4) is 0 Å². The molecule has 2 heterocycles. The molecule has 9 heteroatoms. The number of piperazine rings is 1. The van der Waals surface area contributed by atoms with Crippen molar-refractivity contribution >= 4 is 20.9 Å². The fraction of sp³-hybridized carbons (Fsp3) is 0.462. The minimum absolute atomic E-state index is 0.184. The van der Waals surface area contributed by atoms with Gasteiger partial charge in [0.2, 0.25) is 10.0 Å². The van der Waals surface area contributed by atoms with E-state index in [9.17, 15) is 13.2 Å². The van der Waals surface area contributed by atoms with E-state index in [1.165, 1.54) is 15.2 Å². The number of aromatic nitrogens is 3. The summed E-state index contributed by atoms with van der Waals surface area (Å²) in [5.41, 5.74) is 0.391. The van der Waals surface area contributed by atoms with Crippen LogP contribution in [0.3, 0.4) is 0 Å². The minimum atomic E-state index is -3.15. The lowest BCUT2D eigenvalue weighted by molar-refractivity contribution is 0.142. The zero-order valence-corrected chi connectivity index (χ0v) is 13.0. The van der Waals surface area contributed by atoms with Gasteiger partial charge in [-0.1, -0.05) is 17.3 Å². The van der Waals surface area contributed by atoms with Crippen LogP contribution in [0.25, 0.3) is 10.9 Å². The molecule has 1 aliphatic rings. The van der Waals surface area contributed by atoms with Gasteiger partial charge in [-0.05, 0) is 12.1 Å². The van der Waals surface area contributed by atoms with Crippen molar-refractivity contribution in [3.05, 3.63) is 34.6 Å². The van der Waals surface area contributed by atoms with Gasteiger partial charge in [0.15, 0.2) is 0 Å². The topological polar surface area (TPSA) is 88.4 Å². The molecule has 1 aliphatic heterocycles. The summed E-state index contributed by atoms with van der Waals surface area (Å²) in [5.74, 6) is 0. The Kier molecular flexibility index (Phi) is 3.94. The Morgan fingerprint density at radius 2 is 1.82 bits per heavy atom. The van der Waals surface area contributed by atoms with Gasteiger partial charge in [-0.15, -0.1) is 5.10 Å². The first-order valence-corrected chi connectivity index (χ1v) is 8.80. The molecule has 2 aromatic rings. The first-order chi connectivity index (χ1) is 10.4. The van der Waals surface area contributed by atoms with Gasteiger partial charge >= 0.3 is 0 Å². The smallest absolute Gasteiger partial charge is 0.278 e. The van der Waals surface area contributed by atoms with Gasteiger partial charge in [-0.25, -0.2) is 8.42 Å². The molecule has 0 saturated carbocycles. The molecule has 0 atom stereocenters. The number of fused-ring (bicyclic) bond motifs is 1. The Morgan fingerprint density at radius 1 is 1.14 bits per heavy atom. The monoisotopic (exact) mass is 323 g/mol. The molecule has 0 amide bonds. The molecule has 0 radical (unpaired) electrons. The summed E-state index contributed by atoms with van der Waals surface area (Å²) < 4.78 is 25.7. The van der Waals surface area contributed by atoms with Gasteiger partial charge in [-0.2, -0.15) is 8.99 Å². The second-order valence-electron chi connectivity index (χ2n) is 5.33. The van der Waals surface area contributed by atoms with E-state index in [4.69, 9.17) is 0 Å². The maximum absolute atomic E-state index is 12.4. The van der Waals surface area contributed by atoms with E-state index in [0.29, 0.717) is 43.8 Å². The molecule has 3 rings (SSSR count). The molecule has 1 aromatic heterocycles. The normalized spacial score (nSPS) is 17.9. The van der Waals surface area contributed by atoms with Gasteiger partial charge in [0.25, 0.3) is 5.56 Å². The molecular formula is C13H17N5O3S. The first kappa shape index (κ1) is 15.1. The summed E-state index contributed by atoms with van der Waals surface area (Å²) in [7, 11) is -3.15. The van der Waals surface area contributed by atoms with Crippen LogP contribution in [0.15, 0.2) is 29.1 Å². The number of rotatable bonds is 3. The average molecular weight is 323 g/mol. The minimum Gasteiger partial charge on any atom is -0.282 e. The van der Waals surface area contributed by atoms with Crippen LogP contribution in [0.2, 0.25) is 0 Å². The second-order valence-corrected chi connectivity index (χ2v) is 7.32. The SMILES string of the molecule is CS(=O)(=O)N1CCN(Cn2nnc3ccccc3c2=O)CC1. The van der Waals surface area contributed by atoms with Crippen molar-refractivity contribution in [2.45, 2.75) is 6.67 Å². The van der Waals surface area contributed by atoms with Crippen molar-refractivity contribution in [2.24, 2.45) is 0 Å². The van der Waals surface area contributed by atoms with E-state index in [2.05, 4.69) is 10.3 Å². The largest absolute Gasteiger partial charge is 0.282 e. The molecule has 118 valence electrons. The van der Waals surface area contributed by atoms with E-state index in [1.54, 1.807) is 18.2 Å². The lowest BCUT2D eigenvalue weighted by Gasteiger charge is -2.32. The summed E-state index contributed by atoms with van der Waals surface area (Å²) in [5, 5.41) is 8.53. The van der Waals surface area contributed by atoms with E-state index < -0.39 is 10.0 Å². The fourth-order valence-corrected chi connectivity index (χ4v) is 3.33. The Balaban J connectivity index is 1.75. The highest BCUT2D eigenvalue weighted by molar-refractivity contribution is 7.88. The third-order valence-electron chi connectivity index (χ3n) is 3.76. The highest BCUT2D eigenvalue weighted by Crippen LogP contribution is 2.07. The van der Waals surface area contributed by atoms with Crippen LogP contribution >= 0.6 is 0 Å². The van der Waals surface area contributed by atoms with E-state index in [-0.39, 0.29) is 5.56 Å². The van der Waals surface area contributed by atoms with Crippen molar-refractivity contribution in [1.29, 1.82) is 0 Å². The Bertz CT molecular complexity index is 840. The van der Waals surface area contributed by atoms with E-state index >= 15 is 0 Å². The van der Waals surface area contributed by atoms with Crippen molar-refractivity contribution in [3.63, 3.8) is 0 Å². The van der Waals surface area contributed by atoms with Crippen LogP contribution in [-0.4, -0.2) is 65.1 Å². The average Bonchev–Trinajstić information content (AvgIpc) is 2.50. The number of nitrogens with zero attached hydrogens (tertiary/aromatic N) is 5. The highest BCUT2D eigenvalue weighted by Gasteiger charge is 2.23. The van der Waals surface area contributed by atoms with E-state index in [1.807, 2.05) is 11.0 Å². The zero-order chi connectivity index (χ0) is 15.7. The Labute approximate surface area is 128 Å². The summed E-state index contributed by atoms with van der Waals surface area (Å²) in [4.78, 5) is 14.3. The molecule has 0 N–H and O–H groups in total. The molecule has 1 fully saturated rings. The molecule has 0 unspecified atom stereocenters. The maximum Gasteiger partial charge on any atom is 0.278 e. The van der Waals surface area contributed by atoms with Crippen LogP contribution in [0.4, 0.5) is 0 Å². The van der Waals surface area contributed by atoms with Crippen LogP contribution in [0.5, 0.6) is 0 Å². The van der Waals surface area contributed by atoms with E-state index in [0.717, 1.165) is 0 Å². The summed E-state index contributed by atoms with van der Waals surface area (Å²) in [6.45, 7) is 2.29. The molecule has 1 saturated heterocycles. The standard InChI is InChI=1S/C13H17N5O3S/c1-22(20,21)17-8-6-16(7-9-17)10-18-13(19)11-4-2-3-5-12(11)14-15-18/h2-5H,6-10H2,1H3. The summed E-state index contributed by atoms with van der Waals surface area (Å²) in [6, 6.07) is 7.08. The second kappa shape index (κ2) is 5.75. The maximum atomic E-state index is 12.4. The fourth-order valence-electron chi connectivity index (χ4n) is 2.51. The molecular weight excluding hydrogens is 306 g/mol. The number of hydrogen-bond donors (Lipinski definition) is 0. The third-order valence-corrected chi connectivity index (χ3v) is 5.07. The van der Waals surface area contributed by atoms with Gasteiger partial charge in [0.1, 0.15) is 5.52 Å². The van der Waals surface area contributed by atoms with Crippen LogP contribution in [0, 0.1) is 0 Å². The lowest BCUT2D eigenvalue weighted by atomic mass is 10.2. The summed E-state index contributed by atoms with van der Waals surface area (Å²) in [6.07, 6.45) is 1.21. The van der Waals surface area contributed by atoms with Crippen molar-refractivity contribution < 1.29 is 8.42 Å². The van der Waals surface area contributed by atoms with Gasteiger partial charge in [0.05, 0.1) is 18.3 Å². The number of hydrogen-bond acceptors (Lipinski definition) is 6. The van der Waals surface area contributed by atoms with Gasteiger partial charge < -0.3 is 0 Å². The molecule has 0 bridgehead atoms. The molecule has 1 aromatic carbocycles. The van der Waals surface area contributed by atoms with Crippen molar-refractivity contribution in [2.75, 3.05) is 32.4 Å². The predicted molar refractivity (Wildman–Crippen MR) is 81.8 cm³/mol.